The highest BCUT2D eigenvalue weighted by molar-refractivity contribution is 5.66. The largest absolute Gasteiger partial charge is 0.481 e. The highest BCUT2D eigenvalue weighted by Crippen LogP contribution is 2.27. The van der Waals surface area contributed by atoms with Crippen molar-refractivity contribution in [2.24, 2.45) is 0 Å². The van der Waals surface area contributed by atoms with Gasteiger partial charge in [-0.1, -0.05) is 6.08 Å². The Bertz CT molecular complexity index is 747. The lowest BCUT2D eigenvalue weighted by atomic mass is 9.95. The molecular formula is C19H21FN2O2. The predicted octanol–water partition coefficient (Wildman–Crippen LogP) is 4.16. The Kier molecular flexibility index (Phi) is 5.08. The first-order valence-corrected chi connectivity index (χ1v) is 8.40. The van der Waals surface area contributed by atoms with Crippen LogP contribution in [0.4, 0.5) is 4.39 Å². The van der Waals surface area contributed by atoms with Gasteiger partial charge in [0.15, 0.2) is 0 Å². The van der Waals surface area contributed by atoms with Crippen molar-refractivity contribution in [1.29, 1.82) is 0 Å². The fourth-order valence-corrected chi connectivity index (χ4v) is 3.12. The van der Waals surface area contributed by atoms with Gasteiger partial charge in [0.2, 0.25) is 0 Å². The Morgan fingerprint density at radius 2 is 2.00 bits per heavy atom. The van der Waals surface area contributed by atoms with Gasteiger partial charge in [0.1, 0.15) is 5.82 Å². The average Bonchev–Trinajstić information content (AvgIpc) is 2.94. The van der Waals surface area contributed by atoms with Gasteiger partial charge in [-0.05, 0) is 68.9 Å². The third-order valence-corrected chi connectivity index (χ3v) is 4.32. The molecule has 1 aliphatic rings. The molecule has 0 saturated carbocycles. The summed E-state index contributed by atoms with van der Waals surface area (Å²) in [6.07, 6.45) is 9.81. The maximum atomic E-state index is 13.2. The summed E-state index contributed by atoms with van der Waals surface area (Å²) in [6.45, 7) is 0. The topological polar surface area (TPSA) is 55.1 Å². The number of carboxylic acids is 1. The lowest BCUT2D eigenvalue weighted by molar-refractivity contribution is -0.137. The molecule has 1 aromatic carbocycles. The van der Waals surface area contributed by atoms with Crippen LogP contribution < -0.4 is 0 Å². The van der Waals surface area contributed by atoms with E-state index in [1.54, 1.807) is 12.1 Å². The number of rotatable bonds is 6. The van der Waals surface area contributed by atoms with Gasteiger partial charge in [0.05, 0.1) is 11.4 Å². The van der Waals surface area contributed by atoms with E-state index in [-0.39, 0.29) is 12.2 Å². The van der Waals surface area contributed by atoms with Crippen molar-refractivity contribution >= 4 is 12.0 Å². The van der Waals surface area contributed by atoms with Gasteiger partial charge in [-0.15, -0.1) is 0 Å². The number of hydrogen-bond donors (Lipinski definition) is 1. The molecule has 2 aromatic rings. The SMILES string of the molecule is O=C(O)CCC/C=C\c1nn(-c2ccc(F)cc2)c2c1CCCC2. The molecule has 1 aliphatic carbocycles. The number of benzene rings is 1. The van der Waals surface area contributed by atoms with Crippen LogP contribution in [0.5, 0.6) is 0 Å². The molecule has 0 amide bonds. The van der Waals surface area contributed by atoms with Crippen LogP contribution in [0, 0.1) is 5.82 Å². The average molecular weight is 328 g/mol. The van der Waals surface area contributed by atoms with E-state index in [9.17, 15) is 9.18 Å². The number of allylic oxidation sites excluding steroid dienone is 1. The highest BCUT2D eigenvalue weighted by Gasteiger charge is 2.20. The molecule has 1 aromatic heterocycles. The zero-order valence-corrected chi connectivity index (χ0v) is 13.5. The molecule has 0 spiro atoms. The van der Waals surface area contributed by atoms with E-state index >= 15 is 0 Å². The Morgan fingerprint density at radius 3 is 2.75 bits per heavy atom. The predicted molar refractivity (Wildman–Crippen MR) is 90.7 cm³/mol. The fraction of sp³-hybridized carbons (Fsp3) is 0.368. The summed E-state index contributed by atoms with van der Waals surface area (Å²) in [6, 6.07) is 6.40. The van der Waals surface area contributed by atoms with Crippen molar-refractivity contribution in [2.75, 3.05) is 0 Å². The summed E-state index contributed by atoms with van der Waals surface area (Å²) in [5, 5.41) is 13.4. The number of hydrogen-bond acceptors (Lipinski definition) is 2. The molecule has 3 rings (SSSR count). The van der Waals surface area contributed by atoms with Crippen LogP contribution in [-0.4, -0.2) is 20.9 Å². The van der Waals surface area contributed by atoms with Crippen LogP contribution in [0.25, 0.3) is 11.8 Å². The third kappa shape index (κ3) is 3.72. The Morgan fingerprint density at radius 1 is 1.25 bits per heavy atom. The maximum absolute atomic E-state index is 13.2. The lowest BCUT2D eigenvalue weighted by Crippen LogP contribution is -2.07. The molecule has 24 heavy (non-hydrogen) atoms. The summed E-state index contributed by atoms with van der Waals surface area (Å²) in [5.74, 6) is -1.01. The number of unbranched alkanes of at least 4 members (excludes halogenated alkanes) is 1. The molecule has 0 radical (unpaired) electrons. The smallest absolute Gasteiger partial charge is 0.303 e. The van der Waals surface area contributed by atoms with E-state index in [0.29, 0.717) is 6.42 Å². The second-order valence-electron chi connectivity index (χ2n) is 6.09. The first kappa shape index (κ1) is 16.4. The van der Waals surface area contributed by atoms with Crippen LogP contribution in [0.15, 0.2) is 30.3 Å². The quantitative estimate of drug-likeness (QED) is 0.810. The lowest BCUT2D eigenvalue weighted by Gasteiger charge is -2.14. The number of aromatic nitrogens is 2. The molecular weight excluding hydrogens is 307 g/mol. The van der Waals surface area contributed by atoms with Crippen molar-refractivity contribution in [3.63, 3.8) is 0 Å². The molecule has 0 aliphatic heterocycles. The molecule has 0 fully saturated rings. The van der Waals surface area contributed by atoms with Gasteiger partial charge in [-0.3, -0.25) is 4.79 Å². The minimum Gasteiger partial charge on any atom is -0.481 e. The Labute approximate surface area is 140 Å². The van der Waals surface area contributed by atoms with Crippen LogP contribution >= 0.6 is 0 Å². The molecule has 0 saturated heterocycles. The van der Waals surface area contributed by atoms with Crippen LogP contribution in [0.3, 0.4) is 0 Å². The van der Waals surface area contributed by atoms with Crippen molar-refractivity contribution in [3.05, 3.63) is 53.1 Å². The van der Waals surface area contributed by atoms with Gasteiger partial charge in [0, 0.05) is 17.7 Å². The molecule has 1 N–H and O–H groups in total. The van der Waals surface area contributed by atoms with Gasteiger partial charge in [-0.25, -0.2) is 9.07 Å². The number of halogens is 1. The van der Waals surface area contributed by atoms with Crippen molar-refractivity contribution < 1.29 is 14.3 Å². The van der Waals surface area contributed by atoms with E-state index in [0.717, 1.165) is 43.5 Å². The standard InChI is InChI=1S/C19H21FN2O2/c20-14-10-12-15(13-11-14)22-18-8-5-4-6-16(18)17(21-22)7-2-1-3-9-19(23)24/h2,7,10-13H,1,3-6,8-9H2,(H,23,24)/b7-2-. The maximum Gasteiger partial charge on any atom is 0.303 e. The summed E-state index contributed by atoms with van der Waals surface area (Å²) < 4.78 is 15.1. The minimum absolute atomic E-state index is 0.187. The number of carbonyl (C=O) groups is 1. The number of nitrogens with zero attached hydrogens (tertiary/aromatic N) is 2. The third-order valence-electron chi connectivity index (χ3n) is 4.32. The molecule has 0 bridgehead atoms. The second kappa shape index (κ2) is 7.43. The van der Waals surface area contributed by atoms with Crippen molar-refractivity contribution in [2.45, 2.75) is 44.9 Å². The summed E-state index contributed by atoms with van der Waals surface area (Å²) in [7, 11) is 0. The zero-order valence-electron chi connectivity index (χ0n) is 13.5. The number of fused-ring (bicyclic) bond motifs is 1. The highest BCUT2D eigenvalue weighted by atomic mass is 19.1. The van der Waals surface area contributed by atoms with E-state index in [4.69, 9.17) is 10.2 Å². The Balaban J connectivity index is 1.83. The normalized spacial score (nSPS) is 14.0. The first-order valence-electron chi connectivity index (χ1n) is 8.40. The van der Waals surface area contributed by atoms with Crippen LogP contribution in [-0.2, 0) is 17.6 Å². The van der Waals surface area contributed by atoms with Gasteiger partial charge in [0.25, 0.3) is 0 Å². The van der Waals surface area contributed by atoms with Crippen molar-refractivity contribution in [1.82, 2.24) is 9.78 Å². The minimum atomic E-state index is -0.763. The van der Waals surface area contributed by atoms with E-state index in [1.807, 2.05) is 16.8 Å². The van der Waals surface area contributed by atoms with E-state index < -0.39 is 5.97 Å². The zero-order chi connectivity index (χ0) is 16.9. The van der Waals surface area contributed by atoms with Crippen LogP contribution in [0.1, 0.15) is 49.1 Å². The molecule has 5 heteroatoms. The summed E-state index contributed by atoms with van der Waals surface area (Å²) in [4.78, 5) is 10.5. The molecule has 1 heterocycles. The van der Waals surface area contributed by atoms with Gasteiger partial charge < -0.3 is 5.11 Å². The van der Waals surface area contributed by atoms with Gasteiger partial charge >= 0.3 is 5.97 Å². The number of aliphatic carboxylic acids is 1. The van der Waals surface area contributed by atoms with Crippen molar-refractivity contribution in [3.8, 4) is 5.69 Å². The van der Waals surface area contributed by atoms with E-state index in [2.05, 4.69) is 0 Å². The summed E-state index contributed by atoms with van der Waals surface area (Å²) >= 11 is 0. The number of carboxylic acid groups (broad SMARTS) is 1. The first-order chi connectivity index (χ1) is 11.6. The van der Waals surface area contributed by atoms with E-state index in [1.165, 1.54) is 23.4 Å². The summed E-state index contributed by atoms with van der Waals surface area (Å²) in [5.41, 5.74) is 4.29. The molecule has 0 atom stereocenters. The molecule has 0 unspecified atom stereocenters. The molecule has 4 nitrogen and oxygen atoms in total. The Hall–Kier alpha value is -2.43. The monoisotopic (exact) mass is 328 g/mol. The fourth-order valence-electron chi connectivity index (χ4n) is 3.12. The van der Waals surface area contributed by atoms with Crippen LogP contribution in [0.2, 0.25) is 0 Å². The molecule has 126 valence electrons. The second-order valence-corrected chi connectivity index (χ2v) is 6.09. The van der Waals surface area contributed by atoms with Gasteiger partial charge in [-0.2, -0.15) is 5.10 Å².